The molecule has 1 aliphatic carbocycles. The highest BCUT2D eigenvalue weighted by Gasteiger charge is 2.26. The number of ether oxygens (including phenoxy) is 1. The first kappa shape index (κ1) is 14.5. The Balaban J connectivity index is 2.35. The average Bonchev–Trinajstić information content (AvgIpc) is 2.81. The van der Waals surface area contributed by atoms with Crippen molar-refractivity contribution in [3.8, 4) is 0 Å². The fraction of sp³-hybridized carbons (Fsp3) is 0.733. The highest BCUT2D eigenvalue weighted by molar-refractivity contribution is 5.25. The van der Waals surface area contributed by atoms with Crippen molar-refractivity contribution in [2.24, 2.45) is 5.41 Å². The van der Waals surface area contributed by atoms with E-state index in [1.165, 1.54) is 12.8 Å². The van der Waals surface area contributed by atoms with Gasteiger partial charge < -0.3 is 10.1 Å². The van der Waals surface area contributed by atoms with Gasteiger partial charge in [0, 0.05) is 24.6 Å². The van der Waals surface area contributed by atoms with Crippen LogP contribution < -0.4 is 5.32 Å². The molecular formula is C15H27NO. The maximum atomic E-state index is 5.78. The molecule has 2 nitrogen and oxygen atoms in total. The Kier molecular flexibility index (Phi) is 6.53. The average molecular weight is 237 g/mol. The lowest BCUT2D eigenvalue weighted by Gasteiger charge is -2.27. The van der Waals surface area contributed by atoms with Crippen LogP contribution in [0.4, 0.5) is 0 Å². The van der Waals surface area contributed by atoms with Crippen LogP contribution >= 0.6 is 0 Å². The smallest absolute Gasteiger partial charge is 0.0604 e. The molecule has 17 heavy (non-hydrogen) atoms. The molecule has 0 aromatic carbocycles. The molecule has 0 saturated heterocycles. The van der Waals surface area contributed by atoms with E-state index >= 15 is 0 Å². The summed E-state index contributed by atoms with van der Waals surface area (Å²) in [5.41, 5.74) is 0.0805. The van der Waals surface area contributed by atoms with E-state index in [1.807, 2.05) is 0 Å². The van der Waals surface area contributed by atoms with Crippen LogP contribution in [0.25, 0.3) is 0 Å². The van der Waals surface area contributed by atoms with Gasteiger partial charge in [-0.25, -0.2) is 0 Å². The molecule has 0 radical (unpaired) electrons. The standard InChI is InChI=1S/C15H27NO/c1-4-6-11-17-13-15(9-7-8-10-15)12-16-14(3)5-2/h7-10,14,16H,4-6,11-13H2,1-3H3. The van der Waals surface area contributed by atoms with Crippen molar-refractivity contribution in [1.29, 1.82) is 0 Å². The molecule has 0 saturated carbocycles. The van der Waals surface area contributed by atoms with Gasteiger partial charge in [0.05, 0.1) is 6.61 Å². The molecule has 98 valence electrons. The van der Waals surface area contributed by atoms with E-state index in [0.29, 0.717) is 6.04 Å². The third kappa shape index (κ3) is 5.05. The molecular weight excluding hydrogens is 210 g/mol. The molecule has 1 unspecified atom stereocenters. The zero-order valence-electron chi connectivity index (χ0n) is 11.5. The number of rotatable bonds is 9. The molecule has 0 aliphatic heterocycles. The first-order valence-electron chi connectivity index (χ1n) is 6.90. The predicted octanol–water partition coefficient (Wildman–Crippen LogP) is 3.30. The van der Waals surface area contributed by atoms with Crippen LogP contribution in [0.3, 0.4) is 0 Å². The normalized spacial score (nSPS) is 18.8. The Morgan fingerprint density at radius 3 is 2.53 bits per heavy atom. The van der Waals surface area contributed by atoms with Crippen molar-refractivity contribution in [1.82, 2.24) is 5.32 Å². The van der Waals surface area contributed by atoms with E-state index in [9.17, 15) is 0 Å². The highest BCUT2D eigenvalue weighted by Crippen LogP contribution is 2.26. The maximum absolute atomic E-state index is 5.78. The molecule has 0 aromatic heterocycles. The Bertz CT molecular complexity index is 246. The Hall–Kier alpha value is -0.600. The molecule has 1 rings (SSSR count). The highest BCUT2D eigenvalue weighted by atomic mass is 16.5. The van der Waals surface area contributed by atoms with Crippen LogP contribution in [0.1, 0.15) is 40.0 Å². The fourth-order valence-electron chi connectivity index (χ4n) is 1.83. The van der Waals surface area contributed by atoms with Gasteiger partial charge in [-0.15, -0.1) is 0 Å². The van der Waals surface area contributed by atoms with Gasteiger partial charge >= 0.3 is 0 Å². The van der Waals surface area contributed by atoms with Crippen LogP contribution in [-0.2, 0) is 4.74 Å². The molecule has 1 aliphatic rings. The molecule has 1 atom stereocenters. The summed E-state index contributed by atoms with van der Waals surface area (Å²) in [6, 6.07) is 0.574. The SMILES string of the molecule is CCCCOCC1(CNC(C)CC)C=CC=C1. The Labute approximate surface area is 106 Å². The molecule has 0 fully saturated rings. The Morgan fingerprint density at radius 1 is 1.24 bits per heavy atom. The summed E-state index contributed by atoms with van der Waals surface area (Å²) in [6.07, 6.45) is 12.3. The molecule has 0 spiro atoms. The summed E-state index contributed by atoms with van der Waals surface area (Å²) in [4.78, 5) is 0. The molecule has 0 amide bonds. The first-order valence-corrected chi connectivity index (χ1v) is 6.90. The van der Waals surface area contributed by atoms with E-state index < -0.39 is 0 Å². The van der Waals surface area contributed by atoms with Gasteiger partial charge in [-0.3, -0.25) is 0 Å². The number of nitrogens with one attached hydrogen (secondary N) is 1. The summed E-state index contributed by atoms with van der Waals surface area (Å²) in [7, 11) is 0. The summed E-state index contributed by atoms with van der Waals surface area (Å²) < 4.78 is 5.78. The lowest BCUT2D eigenvalue weighted by Crippen LogP contribution is -2.38. The van der Waals surface area contributed by atoms with E-state index in [1.54, 1.807) is 0 Å². The van der Waals surface area contributed by atoms with Crippen LogP contribution in [0.15, 0.2) is 24.3 Å². The minimum atomic E-state index is 0.0805. The third-order valence-electron chi connectivity index (χ3n) is 3.37. The second-order valence-electron chi connectivity index (χ2n) is 5.05. The summed E-state index contributed by atoms with van der Waals surface area (Å²) in [5, 5.41) is 3.57. The molecule has 0 bridgehead atoms. The Morgan fingerprint density at radius 2 is 1.94 bits per heavy atom. The lowest BCUT2D eigenvalue weighted by atomic mass is 9.91. The van der Waals surface area contributed by atoms with Gasteiger partial charge in [-0.2, -0.15) is 0 Å². The van der Waals surface area contributed by atoms with Crippen LogP contribution in [-0.4, -0.2) is 25.8 Å². The summed E-state index contributed by atoms with van der Waals surface area (Å²) in [6.45, 7) is 9.28. The van der Waals surface area contributed by atoms with E-state index in [2.05, 4.69) is 50.4 Å². The predicted molar refractivity (Wildman–Crippen MR) is 74.2 cm³/mol. The minimum absolute atomic E-state index is 0.0805. The quantitative estimate of drug-likeness (QED) is 0.621. The third-order valence-corrected chi connectivity index (χ3v) is 3.37. The van der Waals surface area contributed by atoms with Gasteiger partial charge in [0.15, 0.2) is 0 Å². The van der Waals surface area contributed by atoms with Crippen molar-refractivity contribution in [2.75, 3.05) is 19.8 Å². The van der Waals surface area contributed by atoms with Gasteiger partial charge in [0.25, 0.3) is 0 Å². The van der Waals surface area contributed by atoms with Crippen molar-refractivity contribution < 1.29 is 4.74 Å². The zero-order chi connectivity index (χ0) is 12.6. The molecule has 0 aromatic rings. The van der Waals surface area contributed by atoms with Gasteiger partial charge in [0.1, 0.15) is 0 Å². The fourth-order valence-corrected chi connectivity index (χ4v) is 1.83. The van der Waals surface area contributed by atoms with Crippen LogP contribution in [0.2, 0.25) is 0 Å². The van der Waals surface area contributed by atoms with Crippen molar-refractivity contribution >= 4 is 0 Å². The van der Waals surface area contributed by atoms with Gasteiger partial charge in [-0.05, 0) is 19.8 Å². The van der Waals surface area contributed by atoms with Crippen LogP contribution in [0, 0.1) is 5.41 Å². The lowest BCUT2D eigenvalue weighted by molar-refractivity contribution is 0.0848. The number of hydrogen-bond acceptors (Lipinski definition) is 2. The molecule has 1 N–H and O–H groups in total. The summed E-state index contributed by atoms with van der Waals surface area (Å²) >= 11 is 0. The zero-order valence-corrected chi connectivity index (χ0v) is 11.5. The number of hydrogen-bond donors (Lipinski definition) is 1. The largest absolute Gasteiger partial charge is 0.380 e. The number of allylic oxidation sites excluding steroid dienone is 2. The van der Waals surface area contributed by atoms with E-state index in [0.717, 1.165) is 26.2 Å². The first-order chi connectivity index (χ1) is 8.22. The summed E-state index contributed by atoms with van der Waals surface area (Å²) in [5.74, 6) is 0. The van der Waals surface area contributed by atoms with Gasteiger partial charge in [-0.1, -0.05) is 44.6 Å². The number of unbranched alkanes of at least 4 members (excludes halogenated alkanes) is 1. The molecule has 2 heteroatoms. The van der Waals surface area contributed by atoms with Crippen molar-refractivity contribution in [3.05, 3.63) is 24.3 Å². The van der Waals surface area contributed by atoms with Crippen molar-refractivity contribution in [2.45, 2.75) is 46.1 Å². The minimum Gasteiger partial charge on any atom is -0.380 e. The second kappa shape index (κ2) is 7.67. The van der Waals surface area contributed by atoms with E-state index in [4.69, 9.17) is 4.74 Å². The maximum Gasteiger partial charge on any atom is 0.0604 e. The topological polar surface area (TPSA) is 21.3 Å². The monoisotopic (exact) mass is 237 g/mol. The van der Waals surface area contributed by atoms with Crippen LogP contribution in [0.5, 0.6) is 0 Å². The molecule has 0 heterocycles. The second-order valence-corrected chi connectivity index (χ2v) is 5.05. The van der Waals surface area contributed by atoms with Gasteiger partial charge in [0.2, 0.25) is 0 Å². The van der Waals surface area contributed by atoms with E-state index in [-0.39, 0.29) is 5.41 Å². The van der Waals surface area contributed by atoms with Crippen molar-refractivity contribution in [3.63, 3.8) is 0 Å².